The van der Waals surface area contributed by atoms with E-state index in [9.17, 15) is 0 Å². The first-order valence-electron chi connectivity index (χ1n) is 11.2. The Balaban J connectivity index is 1.48. The molecule has 0 saturated carbocycles. The van der Waals surface area contributed by atoms with Crippen molar-refractivity contribution in [2.45, 2.75) is 0 Å². The summed E-state index contributed by atoms with van der Waals surface area (Å²) in [6.45, 7) is 0. The van der Waals surface area contributed by atoms with Crippen molar-refractivity contribution in [1.82, 2.24) is 4.98 Å². The molecule has 0 spiro atoms. The van der Waals surface area contributed by atoms with E-state index >= 15 is 0 Å². The van der Waals surface area contributed by atoms with Gasteiger partial charge in [0.05, 0.1) is 11.4 Å². The fourth-order valence-electron chi connectivity index (χ4n) is 4.95. The lowest BCUT2D eigenvalue weighted by Gasteiger charge is -2.12. The number of benzene rings is 5. The molecule has 7 aromatic rings. The van der Waals surface area contributed by atoms with E-state index in [-0.39, 0.29) is 0 Å². The molecule has 154 valence electrons. The molecular formula is C31H19NS. The molecule has 7 rings (SSSR count). The fraction of sp³-hybridized carbons (Fsp3) is 0. The van der Waals surface area contributed by atoms with Gasteiger partial charge in [-0.15, -0.1) is 11.3 Å². The molecule has 1 nitrogen and oxygen atoms in total. The van der Waals surface area contributed by atoms with E-state index in [0.29, 0.717) is 0 Å². The highest BCUT2D eigenvalue weighted by Gasteiger charge is 2.13. The maximum atomic E-state index is 5.20. The van der Waals surface area contributed by atoms with E-state index < -0.39 is 0 Å². The lowest BCUT2D eigenvalue weighted by Crippen LogP contribution is -1.90. The van der Waals surface area contributed by atoms with Crippen LogP contribution in [0.15, 0.2) is 115 Å². The van der Waals surface area contributed by atoms with Gasteiger partial charge in [0, 0.05) is 31.3 Å². The van der Waals surface area contributed by atoms with Gasteiger partial charge in [0.15, 0.2) is 0 Å². The minimum Gasteiger partial charge on any atom is -0.248 e. The van der Waals surface area contributed by atoms with E-state index in [2.05, 4.69) is 115 Å². The molecule has 33 heavy (non-hydrogen) atoms. The van der Waals surface area contributed by atoms with Crippen LogP contribution in [-0.2, 0) is 0 Å². The zero-order valence-corrected chi connectivity index (χ0v) is 18.6. The molecule has 0 amide bonds. The van der Waals surface area contributed by atoms with Gasteiger partial charge >= 0.3 is 0 Å². The third kappa shape index (κ3) is 2.88. The maximum absolute atomic E-state index is 5.20. The summed E-state index contributed by atoms with van der Waals surface area (Å²) >= 11 is 1.85. The van der Waals surface area contributed by atoms with E-state index in [1.807, 2.05) is 11.3 Å². The van der Waals surface area contributed by atoms with Gasteiger partial charge in [-0.3, -0.25) is 0 Å². The molecule has 0 aliphatic rings. The Bertz CT molecular complexity index is 1830. The van der Waals surface area contributed by atoms with Gasteiger partial charge in [0.25, 0.3) is 0 Å². The first-order valence-corrected chi connectivity index (χ1v) is 12.0. The molecular weight excluding hydrogens is 418 g/mol. The number of hydrogen-bond donors (Lipinski definition) is 0. The highest BCUT2D eigenvalue weighted by atomic mass is 32.1. The Hall–Kier alpha value is -4.01. The second kappa shape index (κ2) is 7.26. The molecule has 0 aliphatic heterocycles. The summed E-state index contributed by atoms with van der Waals surface area (Å²) in [7, 11) is 0. The summed E-state index contributed by atoms with van der Waals surface area (Å²) in [4.78, 5) is 5.20. The third-order valence-corrected chi connectivity index (χ3v) is 7.69. The van der Waals surface area contributed by atoms with Crippen molar-refractivity contribution in [3.05, 3.63) is 115 Å². The molecule has 2 aromatic heterocycles. The van der Waals surface area contributed by atoms with Crippen molar-refractivity contribution in [2.24, 2.45) is 0 Å². The predicted octanol–water partition coefficient (Wildman–Crippen LogP) is 9.09. The summed E-state index contributed by atoms with van der Waals surface area (Å²) < 4.78 is 2.61. The molecule has 0 radical (unpaired) electrons. The molecule has 0 bridgehead atoms. The molecule has 0 fully saturated rings. The third-order valence-electron chi connectivity index (χ3n) is 6.47. The van der Waals surface area contributed by atoms with Crippen LogP contribution in [0.4, 0.5) is 0 Å². The quantitative estimate of drug-likeness (QED) is 0.246. The lowest BCUT2D eigenvalue weighted by molar-refractivity contribution is 1.34. The Morgan fingerprint density at radius 2 is 1.09 bits per heavy atom. The van der Waals surface area contributed by atoms with Gasteiger partial charge in [-0.25, -0.2) is 4.98 Å². The Morgan fingerprint density at radius 1 is 0.455 bits per heavy atom. The Kier molecular flexibility index (Phi) is 4.08. The number of aromatic nitrogens is 1. The van der Waals surface area contributed by atoms with Crippen LogP contribution in [0, 0.1) is 0 Å². The van der Waals surface area contributed by atoms with Crippen LogP contribution in [0.3, 0.4) is 0 Å². The van der Waals surface area contributed by atoms with E-state index in [0.717, 1.165) is 11.4 Å². The SMILES string of the molecule is c1cc(-c2cc3ccccc3c3ccccc23)nc(-c2cccc3c2sc2ccccc23)c1. The standard InChI is InChI=1S/C31H19NS/c1-2-10-21-20(9-1)19-27(23-12-4-3-11-22(21)23)29-17-8-16-28(32-29)26-15-7-14-25-24-13-5-6-18-30(24)33-31(25)26/h1-19H. The zero-order chi connectivity index (χ0) is 21.8. The van der Waals surface area contributed by atoms with Gasteiger partial charge in [-0.1, -0.05) is 91.0 Å². The molecule has 0 saturated heterocycles. The normalized spacial score (nSPS) is 11.6. The van der Waals surface area contributed by atoms with Gasteiger partial charge in [-0.2, -0.15) is 0 Å². The first-order chi connectivity index (χ1) is 16.4. The molecule has 2 heteroatoms. The molecule has 0 N–H and O–H groups in total. The number of pyridine rings is 1. The molecule has 2 heterocycles. The van der Waals surface area contributed by atoms with Gasteiger partial charge < -0.3 is 0 Å². The Morgan fingerprint density at radius 3 is 1.97 bits per heavy atom. The highest BCUT2D eigenvalue weighted by molar-refractivity contribution is 7.26. The van der Waals surface area contributed by atoms with Crippen LogP contribution in [0.1, 0.15) is 0 Å². The summed E-state index contributed by atoms with van der Waals surface area (Å²) in [5, 5.41) is 7.64. The largest absolute Gasteiger partial charge is 0.248 e. The van der Waals surface area contributed by atoms with E-state index in [1.54, 1.807) is 0 Å². The number of hydrogen-bond acceptors (Lipinski definition) is 2. The van der Waals surface area contributed by atoms with Gasteiger partial charge in [-0.05, 0) is 45.8 Å². The summed E-state index contributed by atoms with van der Waals surface area (Å²) in [5.74, 6) is 0. The number of nitrogens with zero attached hydrogens (tertiary/aromatic N) is 1. The predicted molar refractivity (Wildman–Crippen MR) is 143 cm³/mol. The van der Waals surface area contributed by atoms with Crippen molar-refractivity contribution < 1.29 is 0 Å². The van der Waals surface area contributed by atoms with Crippen LogP contribution in [0.25, 0.3) is 64.2 Å². The van der Waals surface area contributed by atoms with Crippen LogP contribution in [-0.4, -0.2) is 4.98 Å². The monoisotopic (exact) mass is 437 g/mol. The smallest absolute Gasteiger partial charge is 0.0723 e. The number of rotatable bonds is 2. The Labute approximate surface area is 195 Å². The summed E-state index contributed by atoms with van der Waals surface area (Å²) in [5.41, 5.74) is 4.39. The number of thiophene rings is 1. The molecule has 5 aromatic carbocycles. The van der Waals surface area contributed by atoms with Gasteiger partial charge in [0.1, 0.15) is 0 Å². The molecule has 0 atom stereocenters. The van der Waals surface area contributed by atoms with Crippen molar-refractivity contribution >= 4 is 53.1 Å². The lowest BCUT2D eigenvalue weighted by atomic mass is 9.95. The van der Waals surface area contributed by atoms with Crippen molar-refractivity contribution in [3.63, 3.8) is 0 Å². The molecule has 0 unspecified atom stereocenters. The second-order valence-electron chi connectivity index (χ2n) is 8.38. The van der Waals surface area contributed by atoms with Crippen LogP contribution < -0.4 is 0 Å². The minimum absolute atomic E-state index is 1.01. The fourth-order valence-corrected chi connectivity index (χ4v) is 6.17. The van der Waals surface area contributed by atoms with E-state index in [1.165, 1.54) is 52.8 Å². The topological polar surface area (TPSA) is 12.9 Å². The molecule has 0 aliphatic carbocycles. The minimum atomic E-state index is 1.01. The van der Waals surface area contributed by atoms with Crippen LogP contribution in [0.2, 0.25) is 0 Å². The van der Waals surface area contributed by atoms with Gasteiger partial charge in [0.2, 0.25) is 0 Å². The highest BCUT2D eigenvalue weighted by Crippen LogP contribution is 2.40. The van der Waals surface area contributed by atoms with Crippen LogP contribution in [0.5, 0.6) is 0 Å². The van der Waals surface area contributed by atoms with Crippen molar-refractivity contribution in [1.29, 1.82) is 0 Å². The van der Waals surface area contributed by atoms with E-state index in [4.69, 9.17) is 4.98 Å². The summed E-state index contributed by atoms with van der Waals surface area (Å²) in [6, 6.07) is 41.1. The van der Waals surface area contributed by atoms with Crippen LogP contribution >= 0.6 is 11.3 Å². The van der Waals surface area contributed by atoms with Crippen molar-refractivity contribution in [3.8, 4) is 22.5 Å². The zero-order valence-electron chi connectivity index (χ0n) is 17.8. The van der Waals surface area contributed by atoms with Crippen molar-refractivity contribution in [2.75, 3.05) is 0 Å². The second-order valence-corrected chi connectivity index (χ2v) is 9.43. The average Bonchev–Trinajstić information content (AvgIpc) is 3.27. The average molecular weight is 438 g/mol. The summed E-state index contributed by atoms with van der Waals surface area (Å²) in [6.07, 6.45) is 0. The maximum Gasteiger partial charge on any atom is 0.0723 e. The first kappa shape index (κ1) is 18.6. The number of fused-ring (bicyclic) bond motifs is 6.